The van der Waals surface area contributed by atoms with Crippen molar-refractivity contribution in [2.45, 2.75) is 30.4 Å². The Morgan fingerprint density at radius 2 is 0.534 bits per heavy atom. The summed E-state index contributed by atoms with van der Waals surface area (Å²) in [7, 11) is 0. The van der Waals surface area contributed by atoms with E-state index in [1.165, 1.54) is 141 Å². The molecule has 0 saturated heterocycles. The van der Waals surface area contributed by atoms with Gasteiger partial charge in [-0.05, 0) is 180 Å². The number of nitrogens with zero attached hydrogens (tertiary/aromatic N) is 5. The Bertz CT molecular complexity index is 7480. The quantitative estimate of drug-likeness (QED) is 0.143. The van der Waals surface area contributed by atoms with E-state index in [4.69, 9.17) is 24.9 Å². The second kappa shape index (κ2) is 26.2. The number of hydrogen-bond acceptors (Lipinski definition) is 7. The lowest BCUT2D eigenvalue weighted by molar-refractivity contribution is 0.726. The maximum atomic E-state index is 5.49. The van der Waals surface area contributed by atoms with Crippen LogP contribution in [0.3, 0.4) is 0 Å². The predicted molar refractivity (Wildman–Crippen MR) is 477 cm³/mol. The van der Waals surface area contributed by atoms with Gasteiger partial charge in [-0.1, -0.05) is 381 Å². The SMILES string of the molecule is c1ccc(-c2cc(-c3ccc(-c4ccc5c(-c6ccc7c(c6)-c6ccccc6C76c7ccc(-c8nc(-c9ccccc9)nc(-c9ccc(-c%10ccc%11ccccc%11c%10)cc9)n8)cc7Sc7c6ccc6ccccc76)cccc5c4)cc3)nc(-c3ccc4c(c3)Sc3c(ccc5ccccc35)C43c4ccccc4-c4ccccc43)n2)cc1. The van der Waals surface area contributed by atoms with Gasteiger partial charge in [0.1, 0.15) is 0 Å². The van der Waals surface area contributed by atoms with Gasteiger partial charge in [0.05, 0.1) is 22.2 Å². The molecule has 2 aromatic heterocycles. The van der Waals surface area contributed by atoms with Gasteiger partial charge >= 0.3 is 0 Å². The Morgan fingerprint density at radius 3 is 1.11 bits per heavy atom. The molecular weight excluding hydrogens is 1440 g/mol. The van der Waals surface area contributed by atoms with Crippen LogP contribution in [0.15, 0.2) is 414 Å². The van der Waals surface area contributed by atoms with Crippen molar-refractivity contribution in [3.05, 3.63) is 439 Å². The molecule has 0 saturated carbocycles. The fraction of sp³-hybridized carbons (Fsp3) is 0.0183. The molecule has 116 heavy (non-hydrogen) atoms. The van der Waals surface area contributed by atoms with E-state index in [1.54, 1.807) is 0 Å². The van der Waals surface area contributed by atoms with Gasteiger partial charge in [-0.2, -0.15) is 0 Å². The number of aromatic nitrogens is 5. The van der Waals surface area contributed by atoms with Crippen molar-refractivity contribution < 1.29 is 0 Å². The zero-order chi connectivity index (χ0) is 76.2. The van der Waals surface area contributed by atoms with Crippen molar-refractivity contribution >= 4 is 66.6 Å². The molecule has 7 heteroatoms. The molecule has 0 radical (unpaired) electrons. The third kappa shape index (κ3) is 10.2. The Balaban J connectivity index is 0.577. The molecule has 2 spiro atoms. The Labute approximate surface area is 679 Å². The van der Waals surface area contributed by atoms with E-state index < -0.39 is 10.8 Å². The first-order chi connectivity index (χ1) is 57.4. The lowest BCUT2D eigenvalue weighted by Crippen LogP contribution is -2.32. The average Bonchev–Trinajstić information content (AvgIpc) is 1.49. The monoisotopic (exact) mass is 1510 g/mol. The Kier molecular flexibility index (Phi) is 15.0. The number of hydrogen-bond donors (Lipinski definition) is 0. The molecule has 18 aromatic carbocycles. The largest absolute Gasteiger partial charge is 0.228 e. The fourth-order valence-electron chi connectivity index (χ4n) is 19.3. The van der Waals surface area contributed by atoms with Crippen molar-refractivity contribution in [3.63, 3.8) is 0 Å². The van der Waals surface area contributed by atoms with Crippen LogP contribution in [0.5, 0.6) is 0 Å². The summed E-state index contributed by atoms with van der Waals surface area (Å²) in [5, 5.41) is 9.74. The molecule has 2 aliphatic carbocycles. The molecule has 1 atom stereocenters. The van der Waals surface area contributed by atoms with Crippen LogP contribution in [0.2, 0.25) is 0 Å². The topological polar surface area (TPSA) is 64.5 Å². The van der Waals surface area contributed by atoms with Crippen molar-refractivity contribution in [1.82, 2.24) is 24.9 Å². The molecule has 0 fully saturated rings. The summed E-state index contributed by atoms with van der Waals surface area (Å²) in [6.45, 7) is 0. The Morgan fingerprint density at radius 1 is 0.172 bits per heavy atom. The first kappa shape index (κ1) is 66.4. The van der Waals surface area contributed by atoms with Crippen molar-refractivity contribution in [2.75, 3.05) is 0 Å². The summed E-state index contributed by atoms with van der Waals surface area (Å²) >= 11 is 3.73. The Hall–Kier alpha value is -14.2. The highest BCUT2D eigenvalue weighted by Gasteiger charge is 2.52. The van der Waals surface area contributed by atoms with Crippen LogP contribution in [0.25, 0.3) is 167 Å². The van der Waals surface area contributed by atoms with Gasteiger partial charge in [-0.3, -0.25) is 0 Å². The van der Waals surface area contributed by atoms with Crippen molar-refractivity contribution in [3.8, 4) is 124 Å². The molecule has 24 rings (SSSR count). The van der Waals surface area contributed by atoms with E-state index in [-0.39, 0.29) is 0 Å². The summed E-state index contributed by atoms with van der Waals surface area (Å²) in [5.74, 6) is 2.55. The minimum Gasteiger partial charge on any atom is -0.228 e. The smallest absolute Gasteiger partial charge is 0.164 e. The first-order valence-corrected chi connectivity index (χ1v) is 41.2. The van der Waals surface area contributed by atoms with Gasteiger partial charge in [-0.25, -0.2) is 24.9 Å². The standard InChI is InChI=1S/C109H65N5S2/c1-3-23-71(24-4-1)98-65-99(111-106(110-98)80-52-56-94-100(63-80)115-102-84-29-11-9-21-69(84)49-58-96(102)108(94)90-35-16-13-31-86(90)87-32-14-17-36-91(87)108)72-43-38-67(39-44-72)77-48-54-83-78(61-77)28-19-34-82(83)79-51-55-93-89(62-79)88-33-15-18-37-92(88)109(93)95-57-53-81(64-101(95)116-103-85-30-12-10-22-70(85)50-59-97(103)109)107-113-104(73-25-5-2-6-26-73)112-105(114-107)74-45-40-68(41-46-74)76-47-42-66-20-7-8-27-75(66)60-76/h1-65H. The van der Waals surface area contributed by atoms with E-state index in [0.29, 0.717) is 23.3 Å². The zero-order valence-electron chi connectivity index (χ0n) is 62.6. The van der Waals surface area contributed by atoms with Gasteiger partial charge in [0, 0.05) is 53.0 Å². The molecule has 0 N–H and O–H groups in total. The van der Waals surface area contributed by atoms with E-state index in [1.807, 2.05) is 41.7 Å². The number of rotatable bonds is 9. The van der Waals surface area contributed by atoms with E-state index >= 15 is 0 Å². The summed E-state index contributed by atoms with van der Waals surface area (Å²) in [6, 6.07) is 145. The van der Waals surface area contributed by atoms with Crippen LogP contribution < -0.4 is 0 Å². The third-order valence-corrected chi connectivity index (χ3v) is 27.1. The van der Waals surface area contributed by atoms with Crippen LogP contribution in [0.1, 0.15) is 44.5 Å². The van der Waals surface area contributed by atoms with Crippen LogP contribution in [-0.4, -0.2) is 24.9 Å². The van der Waals surface area contributed by atoms with Crippen LogP contribution >= 0.6 is 23.5 Å². The van der Waals surface area contributed by atoms with Crippen molar-refractivity contribution in [2.24, 2.45) is 0 Å². The zero-order valence-corrected chi connectivity index (χ0v) is 64.2. The molecular formula is C109H65N5S2. The van der Waals surface area contributed by atoms with E-state index in [2.05, 4.69) is 376 Å². The van der Waals surface area contributed by atoms with Gasteiger partial charge in [0.15, 0.2) is 23.3 Å². The van der Waals surface area contributed by atoms with Crippen LogP contribution in [-0.2, 0) is 10.8 Å². The normalized spacial score (nSPS) is 14.2. The van der Waals surface area contributed by atoms with Gasteiger partial charge in [-0.15, -0.1) is 0 Å². The van der Waals surface area contributed by atoms with E-state index in [9.17, 15) is 0 Å². The molecule has 4 aliphatic rings. The van der Waals surface area contributed by atoms with Crippen molar-refractivity contribution in [1.29, 1.82) is 0 Å². The molecule has 4 heterocycles. The highest BCUT2D eigenvalue weighted by atomic mass is 32.2. The molecule has 2 aliphatic heterocycles. The maximum absolute atomic E-state index is 5.49. The second-order valence-electron chi connectivity index (χ2n) is 30.8. The number of benzene rings is 18. The summed E-state index contributed by atoms with van der Waals surface area (Å²) in [5.41, 5.74) is 28.6. The summed E-state index contributed by atoms with van der Waals surface area (Å²) in [4.78, 5) is 31.7. The lowest BCUT2D eigenvalue weighted by atomic mass is 9.67. The average molecular weight is 1510 g/mol. The van der Waals surface area contributed by atoms with Gasteiger partial charge in [0.25, 0.3) is 0 Å². The van der Waals surface area contributed by atoms with Gasteiger partial charge < -0.3 is 0 Å². The first-order valence-electron chi connectivity index (χ1n) is 39.6. The predicted octanol–water partition coefficient (Wildman–Crippen LogP) is 27.9. The highest BCUT2D eigenvalue weighted by molar-refractivity contribution is 8.00. The van der Waals surface area contributed by atoms with Gasteiger partial charge in [0.2, 0.25) is 0 Å². The minimum atomic E-state index is -0.648. The second-order valence-corrected chi connectivity index (χ2v) is 32.9. The third-order valence-electron chi connectivity index (χ3n) is 24.7. The fourth-order valence-corrected chi connectivity index (χ4v) is 22.1. The summed E-state index contributed by atoms with van der Waals surface area (Å²) < 4.78 is 0. The molecule has 1 unspecified atom stereocenters. The van der Waals surface area contributed by atoms with Crippen LogP contribution in [0, 0.1) is 0 Å². The highest BCUT2D eigenvalue weighted by Crippen LogP contribution is 2.66. The summed E-state index contributed by atoms with van der Waals surface area (Å²) in [6.07, 6.45) is 0. The molecule has 20 aromatic rings. The van der Waals surface area contributed by atoms with E-state index in [0.717, 1.165) is 67.0 Å². The molecule has 0 amide bonds. The molecule has 0 bridgehead atoms. The minimum absolute atomic E-state index is 0.515. The molecule has 5 nitrogen and oxygen atoms in total. The molecule has 538 valence electrons. The maximum Gasteiger partial charge on any atom is 0.164 e. The lowest BCUT2D eigenvalue weighted by Gasteiger charge is -2.40. The van der Waals surface area contributed by atoms with Crippen LogP contribution in [0.4, 0.5) is 0 Å². The number of fused-ring (bicyclic) bond motifs is 24.